The average molecular weight is 411 g/mol. The maximum Gasteiger partial charge on any atom is 0.261 e. The fraction of sp³-hybridized carbons (Fsp3) is 0.318. The second-order valence-electron chi connectivity index (χ2n) is 6.80. The summed E-state index contributed by atoms with van der Waals surface area (Å²) in [5.74, 6) is 0.778. The maximum absolute atomic E-state index is 12.7. The molecule has 0 aliphatic carbocycles. The molecule has 0 saturated heterocycles. The van der Waals surface area contributed by atoms with Gasteiger partial charge in [0.15, 0.2) is 11.5 Å². The number of hydrogen-bond acceptors (Lipinski definition) is 6. The van der Waals surface area contributed by atoms with Gasteiger partial charge in [0.2, 0.25) is 5.91 Å². The van der Waals surface area contributed by atoms with Crippen molar-refractivity contribution in [3.05, 3.63) is 64.7 Å². The van der Waals surface area contributed by atoms with Crippen LogP contribution < -0.4 is 20.3 Å². The van der Waals surface area contributed by atoms with Gasteiger partial charge < -0.3 is 19.9 Å². The molecule has 30 heavy (non-hydrogen) atoms. The highest BCUT2D eigenvalue weighted by Gasteiger charge is 2.12. The van der Waals surface area contributed by atoms with Crippen LogP contribution in [0.15, 0.2) is 53.6 Å². The Bertz CT molecular complexity index is 1070. The van der Waals surface area contributed by atoms with E-state index in [1.165, 1.54) is 25.1 Å². The van der Waals surface area contributed by atoms with E-state index >= 15 is 0 Å². The molecule has 0 aliphatic rings. The van der Waals surface area contributed by atoms with Crippen LogP contribution in [0.1, 0.15) is 24.5 Å². The van der Waals surface area contributed by atoms with Crippen molar-refractivity contribution in [1.29, 1.82) is 0 Å². The number of aliphatic hydroxyl groups is 1. The SMILES string of the molecule is COc1cc2ncn(CCCC(=O)NCC(O)c3ccccc3)c(=O)c2cc1OC. The molecule has 0 radical (unpaired) electrons. The summed E-state index contributed by atoms with van der Waals surface area (Å²) in [7, 11) is 3.03. The fourth-order valence-electron chi connectivity index (χ4n) is 3.15. The smallest absolute Gasteiger partial charge is 0.261 e. The Labute approximate surface area is 174 Å². The second kappa shape index (κ2) is 9.89. The topological polar surface area (TPSA) is 103 Å². The zero-order chi connectivity index (χ0) is 21.5. The zero-order valence-electron chi connectivity index (χ0n) is 17.0. The van der Waals surface area contributed by atoms with Crippen molar-refractivity contribution >= 4 is 16.8 Å². The van der Waals surface area contributed by atoms with Crippen LogP contribution in [-0.2, 0) is 11.3 Å². The molecule has 158 valence electrons. The van der Waals surface area contributed by atoms with Gasteiger partial charge in [-0.1, -0.05) is 30.3 Å². The highest BCUT2D eigenvalue weighted by molar-refractivity contribution is 5.81. The van der Waals surface area contributed by atoms with E-state index in [9.17, 15) is 14.7 Å². The summed E-state index contributed by atoms with van der Waals surface area (Å²) in [6.45, 7) is 0.493. The molecule has 0 saturated carbocycles. The highest BCUT2D eigenvalue weighted by atomic mass is 16.5. The van der Waals surface area contributed by atoms with Gasteiger partial charge in [-0.3, -0.25) is 14.2 Å². The van der Waals surface area contributed by atoms with Crippen molar-refractivity contribution in [2.75, 3.05) is 20.8 Å². The Hall–Kier alpha value is -3.39. The number of rotatable bonds is 9. The van der Waals surface area contributed by atoms with Gasteiger partial charge in [0.25, 0.3) is 5.56 Å². The van der Waals surface area contributed by atoms with Gasteiger partial charge >= 0.3 is 0 Å². The molecule has 1 heterocycles. The van der Waals surface area contributed by atoms with Crippen LogP contribution in [0.4, 0.5) is 0 Å². The summed E-state index contributed by atoms with van der Waals surface area (Å²) in [5.41, 5.74) is 1.06. The minimum atomic E-state index is -0.755. The number of carbonyl (C=O) groups excluding carboxylic acids is 1. The van der Waals surface area contributed by atoms with E-state index in [1.54, 1.807) is 24.3 Å². The van der Waals surface area contributed by atoms with Gasteiger partial charge in [-0.05, 0) is 18.1 Å². The Kier molecular flexibility index (Phi) is 7.03. The lowest BCUT2D eigenvalue weighted by Crippen LogP contribution is -2.29. The first-order chi connectivity index (χ1) is 14.5. The average Bonchev–Trinajstić information content (AvgIpc) is 2.78. The van der Waals surface area contributed by atoms with Crippen LogP contribution in [-0.4, -0.2) is 41.3 Å². The van der Waals surface area contributed by atoms with Crippen LogP contribution in [0, 0.1) is 0 Å². The maximum atomic E-state index is 12.7. The quantitative estimate of drug-likeness (QED) is 0.559. The van der Waals surface area contributed by atoms with Crippen molar-refractivity contribution in [3.8, 4) is 11.5 Å². The van der Waals surface area contributed by atoms with Gasteiger partial charge in [0.05, 0.1) is 37.6 Å². The van der Waals surface area contributed by atoms with Crippen LogP contribution in [0.5, 0.6) is 11.5 Å². The Balaban J connectivity index is 1.57. The van der Waals surface area contributed by atoms with Crippen LogP contribution in [0.2, 0.25) is 0 Å². The van der Waals surface area contributed by atoms with Crippen molar-refractivity contribution in [1.82, 2.24) is 14.9 Å². The molecule has 3 aromatic rings. The number of nitrogens with zero attached hydrogens (tertiary/aromatic N) is 2. The first-order valence-corrected chi connectivity index (χ1v) is 9.64. The lowest BCUT2D eigenvalue weighted by molar-refractivity contribution is -0.121. The number of aromatic nitrogens is 2. The molecule has 3 rings (SSSR count). The molecule has 1 aromatic heterocycles. The minimum absolute atomic E-state index is 0.141. The van der Waals surface area contributed by atoms with Crippen LogP contribution >= 0.6 is 0 Å². The summed E-state index contributed by atoms with van der Waals surface area (Å²) < 4.78 is 12.0. The molecule has 0 fully saturated rings. The third-order valence-electron chi connectivity index (χ3n) is 4.81. The number of aliphatic hydroxyl groups excluding tert-OH is 1. The lowest BCUT2D eigenvalue weighted by atomic mass is 10.1. The molecule has 2 aromatic carbocycles. The summed E-state index contributed by atoms with van der Waals surface area (Å²) in [6, 6.07) is 12.4. The molecule has 0 aliphatic heterocycles. The fourth-order valence-corrected chi connectivity index (χ4v) is 3.15. The van der Waals surface area contributed by atoms with Crippen molar-refractivity contribution < 1.29 is 19.4 Å². The van der Waals surface area contributed by atoms with E-state index in [0.29, 0.717) is 35.4 Å². The lowest BCUT2D eigenvalue weighted by Gasteiger charge is -2.12. The molecule has 0 spiro atoms. The van der Waals surface area contributed by atoms with Gasteiger partial charge in [0.1, 0.15) is 0 Å². The van der Waals surface area contributed by atoms with Crippen molar-refractivity contribution in [2.24, 2.45) is 0 Å². The molecule has 8 heteroatoms. The monoisotopic (exact) mass is 411 g/mol. The van der Waals surface area contributed by atoms with E-state index in [1.807, 2.05) is 18.2 Å². The van der Waals surface area contributed by atoms with E-state index in [2.05, 4.69) is 10.3 Å². The normalized spacial score (nSPS) is 11.8. The largest absolute Gasteiger partial charge is 0.493 e. The van der Waals surface area contributed by atoms with Crippen LogP contribution in [0.3, 0.4) is 0 Å². The summed E-state index contributed by atoms with van der Waals surface area (Å²) in [6.07, 6.45) is 1.41. The van der Waals surface area contributed by atoms with Gasteiger partial charge in [-0.15, -0.1) is 0 Å². The molecule has 1 unspecified atom stereocenters. The Morgan fingerprint density at radius 1 is 1.17 bits per heavy atom. The third kappa shape index (κ3) is 4.96. The van der Waals surface area contributed by atoms with Crippen molar-refractivity contribution in [2.45, 2.75) is 25.5 Å². The molecular formula is C22H25N3O5. The predicted molar refractivity (Wildman–Crippen MR) is 113 cm³/mol. The van der Waals surface area contributed by atoms with Gasteiger partial charge in [0, 0.05) is 25.6 Å². The molecule has 0 bridgehead atoms. The molecular weight excluding hydrogens is 386 g/mol. The number of carbonyl (C=O) groups is 1. The zero-order valence-corrected chi connectivity index (χ0v) is 17.0. The molecule has 1 amide bonds. The second-order valence-corrected chi connectivity index (χ2v) is 6.80. The van der Waals surface area contributed by atoms with Crippen LogP contribution in [0.25, 0.3) is 10.9 Å². The molecule has 1 atom stereocenters. The van der Waals surface area contributed by atoms with E-state index in [-0.39, 0.29) is 24.4 Å². The van der Waals surface area contributed by atoms with Gasteiger partial charge in [-0.25, -0.2) is 4.98 Å². The highest BCUT2D eigenvalue weighted by Crippen LogP contribution is 2.29. The predicted octanol–water partition coefficient (Wildman–Crippen LogP) is 2.04. The first-order valence-electron chi connectivity index (χ1n) is 9.64. The number of nitrogens with one attached hydrogen (secondary N) is 1. The number of benzene rings is 2. The minimum Gasteiger partial charge on any atom is -0.493 e. The number of fused-ring (bicyclic) bond motifs is 1. The molecule has 2 N–H and O–H groups in total. The Morgan fingerprint density at radius 3 is 2.57 bits per heavy atom. The summed E-state index contributed by atoms with van der Waals surface area (Å²) in [5, 5.41) is 13.2. The third-order valence-corrected chi connectivity index (χ3v) is 4.81. The number of hydrogen-bond donors (Lipinski definition) is 2. The number of aryl methyl sites for hydroxylation is 1. The Morgan fingerprint density at radius 2 is 1.87 bits per heavy atom. The van der Waals surface area contributed by atoms with E-state index in [4.69, 9.17) is 9.47 Å². The van der Waals surface area contributed by atoms with E-state index < -0.39 is 6.10 Å². The van der Waals surface area contributed by atoms with Crippen molar-refractivity contribution in [3.63, 3.8) is 0 Å². The standard InChI is InChI=1S/C22H25N3O5/c1-29-19-11-16-17(12-20(19)30-2)24-14-25(22(16)28)10-6-9-21(27)23-13-18(26)15-7-4-3-5-8-15/h3-5,7-8,11-12,14,18,26H,6,9-10,13H2,1-2H3,(H,23,27). The number of amides is 1. The van der Waals surface area contributed by atoms with Gasteiger partial charge in [-0.2, -0.15) is 0 Å². The number of methoxy groups -OCH3 is 2. The number of ether oxygens (including phenoxy) is 2. The molecule has 8 nitrogen and oxygen atoms in total. The summed E-state index contributed by atoms with van der Waals surface area (Å²) >= 11 is 0. The summed E-state index contributed by atoms with van der Waals surface area (Å²) in [4.78, 5) is 29.1. The van der Waals surface area contributed by atoms with E-state index in [0.717, 1.165) is 5.56 Å². The first kappa shape index (κ1) is 21.3.